The van der Waals surface area contributed by atoms with Crippen LogP contribution in [0.5, 0.6) is 0 Å². The number of anilines is 1. The fourth-order valence-electron chi connectivity index (χ4n) is 1.95. The minimum absolute atomic E-state index is 0. The second kappa shape index (κ2) is 9.61. The van der Waals surface area contributed by atoms with Gasteiger partial charge in [-0.05, 0) is 53.0 Å². The molecule has 1 aromatic carbocycles. The standard InChI is InChI=1S/C15H19BrN4O.ClH/c16-13-10-18-20(11-13)9-7-12-3-5-14(6-4-12)19-15(21)2-1-8-17;/h3-6,10-11H,1-2,7-9,17H2,(H,19,21);1H. The van der Waals surface area contributed by atoms with Crippen molar-refractivity contribution in [1.29, 1.82) is 0 Å². The van der Waals surface area contributed by atoms with E-state index < -0.39 is 0 Å². The van der Waals surface area contributed by atoms with Crippen LogP contribution < -0.4 is 11.1 Å². The van der Waals surface area contributed by atoms with Crippen LogP contribution in [0.1, 0.15) is 18.4 Å². The number of carbonyl (C=O) groups excluding carboxylic acids is 1. The summed E-state index contributed by atoms with van der Waals surface area (Å²) in [4.78, 5) is 11.6. The normalized spacial score (nSPS) is 10.1. The molecule has 0 unspecified atom stereocenters. The van der Waals surface area contributed by atoms with Crippen molar-refractivity contribution in [3.8, 4) is 0 Å². The zero-order valence-corrected chi connectivity index (χ0v) is 14.6. The number of benzene rings is 1. The van der Waals surface area contributed by atoms with Crippen molar-refractivity contribution in [2.24, 2.45) is 5.73 Å². The number of nitrogens with one attached hydrogen (secondary N) is 1. The zero-order valence-electron chi connectivity index (χ0n) is 12.2. The Morgan fingerprint density at radius 1 is 1.32 bits per heavy atom. The molecule has 120 valence electrons. The minimum atomic E-state index is 0. The molecule has 5 nitrogen and oxygen atoms in total. The van der Waals surface area contributed by atoms with Crippen LogP contribution in [0.3, 0.4) is 0 Å². The molecule has 7 heteroatoms. The largest absolute Gasteiger partial charge is 0.330 e. The number of rotatable bonds is 7. The number of aromatic nitrogens is 2. The summed E-state index contributed by atoms with van der Waals surface area (Å²) in [6, 6.07) is 7.90. The Morgan fingerprint density at radius 3 is 2.64 bits per heavy atom. The summed E-state index contributed by atoms with van der Waals surface area (Å²) < 4.78 is 2.88. The van der Waals surface area contributed by atoms with Crippen LogP contribution in [-0.2, 0) is 17.8 Å². The van der Waals surface area contributed by atoms with Gasteiger partial charge in [-0.3, -0.25) is 9.48 Å². The van der Waals surface area contributed by atoms with Gasteiger partial charge < -0.3 is 11.1 Å². The van der Waals surface area contributed by atoms with Gasteiger partial charge in [0, 0.05) is 24.8 Å². The number of aryl methyl sites for hydroxylation is 2. The molecule has 2 aromatic rings. The fraction of sp³-hybridized carbons (Fsp3) is 0.333. The van der Waals surface area contributed by atoms with E-state index in [0.717, 1.165) is 23.1 Å². The van der Waals surface area contributed by atoms with E-state index in [4.69, 9.17) is 5.73 Å². The molecule has 3 N–H and O–H groups in total. The minimum Gasteiger partial charge on any atom is -0.330 e. The van der Waals surface area contributed by atoms with Crippen molar-refractivity contribution in [2.45, 2.75) is 25.8 Å². The Labute approximate surface area is 144 Å². The first-order chi connectivity index (χ1) is 10.2. The van der Waals surface area contributed by atoms with E-state index in [0.29, 0.717) is 19.4 Å². The summed E-state index contributed by atoms with van der Waals surface area (Å²) in [5.74, 6) is 0.00888. The van der Waals surface area contributed by atoms with Crippen LogP contribution in [0, 0.1) is 0 Å². The highest BCUT2D eigenvalue weighted by atomic mass is 79.9. The molecule has 0 bridgehead atoms. The molecule has 0 atom stereocenters. The number of carbonyl (C=O) groups is 1. The third-order valence-electron chi connectivity index (χ3n) is 3.08. The molecule has 0 radical (unpaired) electrons. The lowest BCUT2D eigenvalue weighted by Crippen LogP contribution is -2.13. The predicted octanol–water partition coefficient (Wildman–Crippen LogP) is 2.99. The predicted molar refractivity (Wildman–Crippen MR) is 94.2 cm³/mol. The summed E-state index contributed by atoms with van der Waals surface area (Å²) in [5.41, 5.74) is 7.41. The lowest BCUT2D eigenvalue weighted by atomic mass is 10.1. The van der Waals surface area contributed by atoms with E-state index in [2.05, 4.69) is 26.3 Å². The van der Waals surface area contributed by atoms with Crippen molar-refractivity contribution >= 4 is 39.9 Å². The number of hydrogen-bond donors (Lipinski definition) is 2. The second-order valence-corrected chi connectivity index (χ2v) is 5.72. The summed E-state index contributed by atoms with van der Waals surface area (Å²) >= 11 is 3.38. The number of halogens is 2. The van der Waals surface area contributed by atoms with Crippen LogP contribution in [0.25, 0.3) is 0 Å². The summed E-state index contributed by atoms with van der Waals surface area (Å²) in [6.07, 6.45) is 5.80. The van der Waals surface area contributed by atoms with Gasteiger partial charge in [0.25, 0.3) is 0 Å². The van der Waals surface area contributed by atoms with Gasteiger partial charge in [-0.25, -0.2) is 0 Å². The highest BCUT2D eigenvalue weighted by molar-refractivity contribution is 9.10. The highest BCUT2D eigenvalue weighted by Gasteiger charge is 2.02. The van der Waals surface area contributed by atoms with Gasteiger partial charge >= 0.3 is 0 Å². The molecular weight excluding hydrogens is 368 g/mol. The summed E-state index contributed by atoms with van der Waals surface area (Å²) in [6.45, 7) is 1.36. The van der Waals surface area contributed by atoms with E-state index in [-0.39, 0.29) is 18.3 Å². The molecule has 0 saturated heterocycles. The average molecular weight is 388 g/mol. The molecule has 2 rings (SSSR count). The molecule has 0 aliphatic carbocycles. The molecule has 0 spiro atoms. The van der Waals surface area contributed by atoms with E-state index in [9.17, 15) is 4.79 Å². The van der Waals surface area contributed by atoms with Gasteiger partial charge in [0.15, 0.2) is 0 Å². The topological polar surface area (TPSA) is 72.9 Å². The van der Waals surface area contributed by atoms with Crippen molar-refractivity contribution < 1.29 is 4.79 Å². The maximum Gasteiger partial charge on any atom is 0.224 e. The molecule has 0 saturated carbocycles. The molecule has 1 amide bonds. The van der Waals surface area contributed by atoms with Crippen LogP contribution in [0.4, 0.5) is 5.69 Å². The maximum absolute atomic E-state index is 11.6. The summed E-state index contributed by atoms with van der Waals surface area (Å²) in [5, 5.41) is 7.08. The van der Waals surface area contributed by atoms with Crippen LogP contribution in [-0.4, -0.2) is 22.2 Å². The Kier molecular flexibility index (Phi) is 8.16. The first kappa shape index (κ1) is 18.7. The SMILES string of the molecule is Cl.NCCCC(=O)Nc1ccc(CCn2cc(Br)cn2)cc1. The monoisotopic (exact) mass is 386 g/mol. The van der Waals surface area contributed by atoms with Gasteiger partial charge in [-0.15, -0.1) is 12.4 Å². The van der Waals surface area contributed by atoms with Crippen molar-refractivity contribution in [2.75, 3.05) is 11.9 Å². The fourth-order valence-corrected chi connectivity index (χ4v) is 2.27. The quantitative estimate of drug-likeness (QED) is 0.767. The van der Waals surface area contributed by atoms with Crippen molar-refractivity contribution in [3.63, 3.8) is 0 Å². The molecule has 22 heavy (non-hydrogen) atoms. The number of nitrogens with two attached hydrogens (primary N) is 1. The smallest absolute Gasteiger partial charge is 0.224 e. The molecule has 0 aliphatic rings. The Bertz CT molecular complexity index is 585. The van der Waals surface area contributed by atoms with Gasteiger partial charge in [0.2, 0.25) is 5.91 Å². The third-order valence-corrected chi connectivity index (χ3v) is 3.49. The summed E-state index contributed by atoms with van der Waals surface area (Å²) in [7, 11) is 0. The molecule has 0 fully saturated rings. The van der Waals surface area contributed by atoms with Gasteiger partial charge in [0.05, 0.1) is 10.7 Å². The number of nitrogens with zero attached hydrogens (tertiary/aromatic N) is 2. The first-order valence-corrected chi connectivity index (χ1v) is 7.73. The number of amides is 1. The first-order valence-electron chi connectivity index (χ1n) is 6.94. The van der Waals surface area contributed by atoms with Crippen LogP contribution in [0.15, 0.2) is 41.1 Å². The molecule has 1 heterocycles. The van der Waals surface area contributed by atoms with Gasteiger partial charge in [-0.1, -0.05) is 12.1 Å². The lowest BCUT2D eigenvalue weighted by molar-refractivity contribution is -0.116. The van der Waals surface area contributed by atoms with Crippen molar-refractivity contribution in [1.82, 2.24) is 9.78 Å². The van der Waals surface area contributed by atoms with Crippen LogP contribution in [0.2, 0.25) is 0 Å². The number of hydrogen-bond acceptors (Lipinski definition) is 3. The maximum atomic E-state index is 11.6. The molecule has 0 aliphatic heterocycles. The average Bonchev–Trinajstić information content (AvgIpc) is 2.90. The van der Waals surface area contributed by atoms with E-state index >= 15 is 0 Å². The van der Waals surface area contributed by atoms with Gasteiger partial charge in [0.1, 0.15) is 0 Å². The van der Waals surface area contributed by atoms with E-state index in [1.165, 1.54) is 5.56 Å². The lowest BCUT2D eigenvalue weighted by Gasteiger charge is -2.06. The van der Waals surface area contributed by atoms with Crippen LogP contribution >= 0.6 is 28.3 Å². The van der Waals surface area contributed by atoms with E-state index in [1.54, 1.807) is 6.20 Å². The second-order valence-electron chi connectivity index (χ2n) is 4.81. The Morgan fingerprint density at radius 2 is 2.05 bits per heavy atom. The zero-order chi connectivity index (χ0) is 15.1. The van der Waals surface area contributed by atoms with E-state index in [1.807, 2.05) is 35.1 Å². The Hall–Kier alpha value is -1.37. The third kappa shape index (κ3) is 6.17. The van der Waals surface area contributed by atoms with Gasteiger partial charge in [-0.2, -0.15) is 5.10 Å². The Balaban J connectivity index is 0.00000242. The highest BCUT2D eigenvalue weighted by Crippen LogP contribution is 2.12. The van der Waals surface area contributed by atoms with Crippen molar-refractivity contribution in [3.05, 3.63) is 46.7 Å². The molecular formula is C15H20BrClN4O. The molecule has 1 aromatic heterocycles.